The Bertz CT molecular complexity index is 1340. The molecule has 34 heavy (non-hydrogen) atoms. The van der Waals surface area contributed by atoms with E-state index in [0.29, 0.717) is 40.3 Å². The van der Waals surface area contributed by atoms with Crippen LogP contribution in [-0.2, 0) is 4.79 Å². The van der Waals surface area contributed by atoms with Crippen LogP contribution in [0.1, 0.15) is 41.9 Å². The van der Waals surface area contributed by atoms with Crippen LogP contribution in [0.5, 0.6) is 0 Å². The first kappa shape index (κ1) is 22.2. The second-order valence-electron chi connectivity index (χ2n) is 8.77. The van der Waals surface area contributed by atoms with Crippen LogP contribution in [0.3, 0.4) is 0 Å². The van der Waals surface area contributed by atoms with Crippen LogP contribution < -0.4 is 4.90 Å². The Balaban J connectivity index is 1.83. The predicted octanol–water partition coefficient (Wildman–Crippen LogP) is 7.21. The number of hydrogen-bond acceptors (Lipinski definition) is 3. The van der Waals surface area contributed by atoms with Gasteiger partial charge in [0.15, 0.2) is 5.78 Å². The summed E-state index contributed by atoms with van der Waals surface area (Å²) in [6, 6.07) is 24.5. The fourth-order valence-corrected chi connectivity index (χ4v) is 5.12. The maximum absolute atomic E-state index is 13.4. The van der Waals surface area contributed by atoms with E-state index < -0.39 is 5.92 Å². The normalized spacial score (nSPS) is 19.8. The summed E-state index contributed by atoms with van der Waals surface area (Å²) in [6.45, 7) is 2.02. The summed E-state index contributed by atoms with van der Waals surface area (Å²) in [7, 11) is 0. The number of Topliss-reactive ketones (excluding diaryl/α,β-unsaturated/α-hetero) is 1. The smallest absolute Gasteiger partial charge is 0.161 e. The zero-order valence-corrected chi connectivity index (χ0v) is 19.6. The van der Waals surface area contributed by atoms with Gasteiger partial charge in [-0.15, -0.1) is 0 Å². The van der Waals surface area contributed by atoms with E-state index in [1.807, 2.05) is 73.7 Å². The summed E-state index contributed by atoms with van der Waals surface area (Å²) < 4.78 is 0. The van der Waals surface area contributed by atoms with Crippen molar-refractivity contribution < 1.29 is 9.90 Å². The summed E-state index contributed by atoms with van der Waals surface area (Å²) in [5.74, 6) is -0.299. The van der Waals surface area contributed by atoms with Crippen LogP contribution in [0.15, 0.2) is 95.7 Å². The largest absolute Gasteiger partial charge is 0.507 e. The molecule has 2 aliphatic rings. The minimum absolute atomic E-state index is 0.00752. The van der Waals surface area contributed by atoms with Gasteiger partial charge in [0.05, 0.1) is 0 Å². The van der Waals surface area contributed by atoms with Gasteiger partial charge < -0.3 is 5.11 Å². The molecule has 0 amide bonds. The molecule has 0 radical (unpaired) electrons. The van der Waals surface area contributed by atoms with Gasteiger partial charge in [-0.05, 0) is 43.5 Å². The van der Waals surface area contributed by atoms with Gasteiger partial charge in [0.25, 0.3) is 0 Å². The number of nitrogens with zero attached hydrogens (tertiary/aromatic N) is 1. The molecule has 0 bridgehead atoms. The maximum Gasteiger partial charge on any atom is 0.161 e. The van der Waals surface area contributed by atoms with E-state index in [1.165, 1.54) is 0 Å². The second kappa shape index (κ2) is 8.96. The van der Waals surface area contributed by atoms with Crippen molar-refractivity contribution >= 4 is 34.7 Å². The summed E-state index contributed by atoms with van der Waals surface area (Å²) in [5.41, 5.74) is 5.21. The van der Waals surface area contributed by atoms with Crippen molar-refractivity contribution in [2.24, 2.45) is 0 Å². The predicted molar refractivity (Wildman–Crippen MR) is 137 cm³/mol. The fourth-order valence-electron chi connectivity index (χ4n) is 4.94. The van der Waals surface area contributed by atoms with Gasteiger partial charge in [0.2, 0.25) is 0 Å². The first-order valence-electron chi connectivity index (χ1n) is 11.4. The van der Waals surface area contributed by atoms with Crippen molar-refractivity contribution in [1.29, 1.82) is 5.41 Å². The molecule has 0 saturated carbocycles. The van der Waals surface area contributed by atoms with Crippen LogP contribution in [0, 0.1) is 12.3 Å². The number of carbonyl (C=O) groups is 1. The third-order valence-corrected chi connectivity index (χ3v) is 6.77. The number of anilines is 1. The number of aliphatic hydroxyl groups excluding tert-OH is 1. The fraction of sp³-hybridized carbons (Fsp3) is 0.172. The molecule has 1 atom stereocenters. The number of carbonyl (C=O) groups excluding carboxylic acids is 1. The van der Waals surface area contributed by atoms with Gasteiger partial charge in [-0.2, -0.15) is 0 Å². The van der Waals surface area contributed by atoms with Crippen LogP contribution in [0.25, 0.3) is 5.76 Å². The highest BCUT2D eigenvalue weighted by Crippen LogP contribution is 2.48. The Morgan fingerprint density at radius 2 is 1.74 bits per heavy atom. The molecule has 1 aliphatic carbocycles. The number of rotatable bonds is 3. The van der Waals surface area contributed by atoms with E-state index in [9.17, 15) is 15.3 Å². The molecule has 0 fully saturated rings. The third-order valence-electron chi connectivity index (χ3n) is 6.53. The first-order valence-corrected chi connectivity index (χ1v) is 11.8. The van der Waals surface area contributed by atoms with Crippen LogP contribution in [0.2, 0.25) is 5.02 Å². The lowest BCUT2D eigenvalue weighted by Crippen LogP contribution is -2.42. The molecule has 170 valence electrons. The van der Waals surface area contributed by atoms with Crippen molar-refractivity contribution in [3.05, 3.63) is 117 Å². The minimum Gasteiger partial charge on any atom is -0.507 e. The Labute approximate surface area is 204 Å². The van der Waals surface area contributed by atoms with Gasteiger partial charge in [0, 0.05) is 45.5 Å². The topological polar surface area (TPSA) is 64.4 Å². The van der Waals surface area contributed by atoms with Crippen molar-refractivity contribution in [2.45, 2.75) is 32.1 Å². The van der Waals surface area contributed by atoms with Crippen molar-refractivity contribution in [3.8, 4) is 0 Å². The molecule has 0 aromatic heterocycles. The number of halogens is 1. The standard InChI is InChI=1S/C29H25ClN2O2/c1-18-13-15-19(16-14-18)25-26-23(11-6-12-24(26)33)32(22-10-5-9-21(30)17-22)29(31)27(25)28(34)20-7-3-2-4-8-20/h2-5,7-10,13-17,25,31,34H,6,11-12H2,1H3/t25-/m0/s1. The number of nitrogens with one attached hydrogen (secondary N) is 1. The summed E-state index contributed by atoms with van der Waals surface area (Å²) in [5, 5.41) is 21.4. The van der Waals surface area contributed by atoms with E-state index in [4.69, 9.17) is 11.6 Å². The molecule has 1 heterocycles. The number of allylic oxidation sites excluding steroid dienone is 2. The number of hydrogen-bond donors (Lipinski definition) is 2. The Kier molecular flexibility index (Phi) is 5.84. The van der Waals surface area contributed by atoms with Crippen molar-refractivity contribution in [1.82, 2.24) is 0 Å². The molecule has 0 saturated heterocycles. The van der Waals surface area contributed by atoms with Gasteiger partial charge in [-0.25, -0.2) is 0 Å². The summed E-state index contributed by atoms with van der Waals surface area (Å²) >= 11 is 6.31. The van der Waals surface area contributed by atoms with E-state index >= 15 is 0 Å². The molecule has 5 heteroatoms. The Morgan fingerprint density at radius 3 is 2.44 bits per heavy atom. The van der Waals surface area contributed by atoms with Gasteiger partial charge in [-0.3, -0.25) is 15.1 Å². The van der Waals surface area contributed by atoms with E-state index in [2.05, 4.69) is 0 Å². The summed E-state index contributed by atoms with van der Waals surface area (Å²) in [4.78, 5) is 15.2. The zero-order chi connectivity index (χ0) is 23.8. The molecule has 5 rings (SSSR count). The minimum atomic E-state index is -0.522. The average molecular weight is 469 g/mol. The first-order chi connectivity index (χ1) is 16.5. The van der Waals surface area contributed by atoms with Crippen LogP contribution in [-0.4, -0.2) is 16.7 Å². The SMILES string of the molecule is Cc1ccc([C@@H]2C(=C(O)c3ccccc3)C(=N)N(c3cccc(Cl)c3)C3=C2C(=O)CCC3)cc1. The molecule has 2 N–H and O–H groups in total. The highest BCUT2D eigenvalue weighted by atomic mass is 35.5. The quantitative estimate of drug-likeness (QED) is 0.399. The zero-order valence-electron chi connectivity index (χ0n) is 18.9. The third kappa shape index (κ3) is 3.84. The van der Waals surface area contributed by atoms with Crippen molar-refractivity contribution in [2.75, 3.05) is 4.90 Å². The number of benzene rings is 3. The van der Waals surface area contributed by atoms with Gasteiger partial charge >= 0.3 is 0 Å². The van der Waals surface area contributed by atoms with Gasteiger partial charge in [-0.1, -0.05) is 77.8 Å². The molecule has 3 aromatic carbocycles. The average Bonchev–Trinajstić information content (AvgIpc) is 2.84. The lowest BCUT2D eigenvalue weighted by Gasteiger charge is -2.41. The molecule has 1 aliphatic heterocycles. The van der Waals surface area contributed by atoms with Crippen LogP contribution >= 0.6 is 11.6 Å². The molecule has 4 nitrogen and oxygen atoms in total. The van der Waals surface area contributed by atoms with E-state index in [-0.39, 0.29) is 17.4 Å². The molecule has 0 unspecified atom stereocenters. The number of aliphatic hydroxyl groups is 1. The lowest BCUT2D eigenvalue weighted by atomic mass is 9.73. The molecular weight excluding hydrogens is 444 g/mol. The second-order valence-corrected chi connectivity index (χ2v) is 9.21. The Morgan fingerprint density at radius 1 is 1.00 bits per heavy atom. The number of ketones is 1. The highest BCUT2D eigenvalue weighted by Gasteiger charge is 2.43. The number of amidine groups is 1. The molecular formula is C29H25ClN2O2. The van der Waals surface area contributed by atoms with E-state index in [0.717, 1.165) is 23.2 Å². The van der Waals surface area contributed by atoms with Crippen molar-refractivity contribution in [3.63, 3.8) is 0 Å². The lowest BCUT2D eigenvalue weighted by molar-refractivity contribution is -0.116. The molecule has 0 spiro atoms. The number of aryl methyl sites for hydroxylation is 1. The highest BCUT2D eigenvalue weighted by molar-refractivity contribution is 6.31. The Hall–Kier alpha value is -3.63. The van der Waals surface area contributed by atoms with E-state index in [1.54, 1.807) is 17.0 Å². The van der Waals surface area contributed by atoms with Gasteiger partial charge in [0.1, 0.15) is 11.6 Å². The summed E-state index contributed by atoms with van der Waals surface area (Å²) in [6.07, 6.45) is 1.86. The maximum atomic E-state index is 13.4. The monoisotopic (exact) mass is 468 g/mol. The molecule has 3 aromatic rings. The van der Waals surface area contributed by atoms with Crippen LogP contribution in [0.4, 0.5) is 5.69 Å².